The molecule has 0 fully saturated rings. The molecule has 0 saturated heterocycles. The predicted molar refractivity (Wildman–Crippen MR) is 64.8 cm³/mol. The highest BCUT2D eigenvalue weighted by Crippen LogP contribution is 2.28. The number of pyridine rings is 2. The first kappa shape index (κ1) is 11.2. The van der Waals surface area contributed by atoms with Crippen LogP contribution in [0.1, 0.15) is 18.1 Å². The molecular formula is C12H11BrN2O. The van der Waals surface area contributed by atoms with Gasteiger partial charge in [-0.1, -0.05) is 6.07 Å². The van der Waals surface area contributed by atoms with E-state index in [9.17, 15) is 5.11 Å². The second-order valence-corrected chi connectivity index (χ2v) is 4.49. The number of halogens is 1. The summed E-state index contributed by atoms with van der Waals surface area (Å²) in [6, 6.07) is 7.24. The molecule has 0 saturated carbocycles. The molecule has 0 amide bonds. The van der Waals surface area contributed by atoms with E-state index in [-0.39, 0.29) is 0 Å². The fraction of sp³-hybridized carbons (Fsp3) is 0.167. The maximum absolute atomic E-state index is 10.5. The van der Waals surface area contributed by atoms with E-state index in [0.717, 1.165) is 15.7 Å². The van der Waals surface area contributed by atoms with E-state index >= 15 is 0 Å². The van der Waals surface area contributed by atoms with Gasteiger partial charge in [0.25, 0.3) is 0 Å². The first-order valence-corrected chi connectivity index (χ1v) is 5.65. The van der Waals surface area contributed by atoms with Crippen molar-refractivity contribution >= 4 is 15.9 Å². The third-order valence-corrected chi connectivity index (χ3v) is 3.00. The molecule has 0 aliphatic heterocycles. The highest BCUT2D eigenvalue weighted by atomic mass is 79.9. The van der Waals surface area contributed by atoms with Gasteiger partial charge in [0.15, 0.2) is 0 Å². The topological polar surface area (TPSA) is 46.0 Å². The summed E-state index contributed by atoms with van der Waals surface area (Å²) < 4.78 is 0.752. The zero-order valence-electron chi connectivity index (χ0n) is 8.76. The Bertz CT molecular complexity index is 468. The predicted octanol–water partition coefficient (Wildman–Crippen LogP) is 2.49. The molecule has 2 aromatic heterocycles. The lowest BCUT2D eigenvalue weighted by atomic mass is 9.90. The molecule has 1 atom stereocenters. The van der Waals surface area contributed by atoms with E-state index < -0.39 is 5.60 Å². The third-order valence-electron chi connectivity index (χ3n) is 2.53. The van der Waals surface area contributed by atoms with Crippen LogP contribution in [-0.4, -0.2) is 15.1 Å². The Hall–Kier alpha value is -1.26. The largest absolute Gasteiger partial charge is 0.381 e. The van der Waals surface area contributed by atoms with Crippen molar-refractivity contribution < 1.29 is 5.11 Å². The molecule has 3 nitrogen and oxygen atoms in total. The molecule has 0 aliphatic rings. The van der Waals surface area contributed by atoms with E-state index in [0.29, 0.717) is 0 Å². The average Bonchev–Trinajstić information content (AvgIpc) is 2.31. The zero-order valence-corrected chi connectivity index (χ0v) is 10.3. The molecule has 4 heteroatoms. The summed E-state index contributed by atoms with van der Waals surface area (Å²) in [4.78, 5) is 8.04. The van der Waals surface area contributed by atoms with Crippen molar-refractivity contribution in [2.45, 2.75) is 12.5 Å². The third kappa shape index (κ3) is 2.13. The average molecular weight is 279 g/mol. The van der Waals surface area contributed by atoms with Crippen LogP contribution >= 0.6 is 15.9 Å². The molecule has 82 valence electrons. The SMILES string of the molecule is CC(O)(c1ccncc1)c1ccc(Br)nc1. The minimum atomic E-state index is -1.04. The van der Waals surface area contributed by atoms with Crippen LogP contribution in [0.15, 0.2) is 47.5 Å². The van der Waals surface area contributed by atoms with E-state index in [1.807, 2.05) is 12.1 Å². The number of aliphatic hydroxyl groups is 1. The molecule has 2 aromatic rings. The maximum Gasteiger partial charge on any atom is 0.113 e. The number of hydrogen-bond donors (Lipinski definition) is 1. The Morgan fingerprint density at radius 3 is 2.38 bits per heavy atom. The zero-order chi connectivity index (χ0) is 11.6. The van der Waals surface area contributed by atoms with Gasteiger partial charge in [-0.3, -0.25) is 4.98 Å². The standard InChI is InChI=1S/C12H11BrN2O/c1-12(16,9-4-6-14-7-5-9)10-2-3-11(13)15-8-10/h2-8,16H,1H3. The molecular weight excluding hydrogens is 268 g/mol. The molecule has 0 bridgehead atoms. The normalized spacial score (nSPS) is 14.4. The van der Waals surface area contributed by atoms with Crippen LogP contribution in [0.4, 0.5) is 0 Å². The van der Waals surface area contributed by atoms with Crippen LogP contribution in [0.5, 0.6) is 0 Å². The van der Waals surface area contributed by atoms with Crippen molar-refractivity contribution in [2.24, 2.45) is 0 Å². The summed E-state index contributed by atoms with van der Waals surface area (Å²) in [5.41, 5.74) is 0.505. The smallest absolute Gasteiger partial charge is 0.113 e. The lowest BCUT2D eigenvalue weighted by Gasteiger charge is -2.23. The van der Waals surface area contributed by atoms with Gasteiger partial charge in [0.1, 0.15) is 10.2 Å². The summed E-state index contributed by atoms with van der Waals surface area (Å²) in [7, 11) is 0. The highest BCUT2D eigenvalue weighted by molar-refractivity contribution is 9.10. The summed E-state index contributed by atoms with van der Waals surface area (Å²) in [6.45, 7) is 1.74. The second-order valence-electron chi connectivity index (χ2n) is 3.68. The van der Waals surface area contributed by atoms with Crippen LogP contribution in [0.25, 0.3) is 0 Å². The van der Waals surface area contributed by atoms with Crippen molar-refractivity contribution in [3.63, 3.8) is 0 Å². The van der Waals surface area contributed by atoms with E-state index in [4.69, 9.17) is 0 Å². The van der Waals surface area contributed by atoms with Gasteiger partial charge in [-0.25, -0.2) is 4.98 Å². The van der Waals surface area contributed by atoms with E-state index in [2.05, 4.69) is 25.9 Å². The van der Waals surface area contributed by atoms with Gasteiger partial charge < -0.3 is 5.11 Å². The van der Waals surface area contributed by atoms with Crippen LogP contribution in [0, 0.1) is 0 Å². The Labute approximate surface area is 102 Å². The molecule has 0 spiro atoms. The van der Waals surface area contributed by atoms with E-state index in [1.54, 1.807) is 37.6 Å². The lowest BCUT2D eigenvalue weighted by molar-refractivity contribution is 0.102. The quantitative estimate of drug-likeness (QED) is 0.859. The van der Waals surface area contributed by atoms with Gasteiger partial charge in [-0.05, 0) is 46.6 Å². The Morgan fingerprint density at radius 2 is 1.81 bits per heavy atom. The highest BCUT2D eigenvalue weighted by Gasteiger charge is 2.25. The molecule has 0 aromatic carbocycles. The fourth-order valence-corrected chi connectivity index (χ4v) is 1.74. The number of hydrogen-bond acceptors (Lipinski definition) is 3. The molecule has 1 N–H and O–H groups in total. The second kappa shape index (κ2) is 4.31. The number of rotatable bonds is 2. The monoisotopic (exact) mass is 278 g/mol. The van der Waals surface area contributed by atoms with Crippen molar-refractivity contribution in [2.75, 3.05) is 0 Å². The minimum absolute atomic E-state index is 0.752. The van der Waals surface area contributed by atoms with Crippen LogP contribution in [-0.2, 0) is 5.60 Å². The van der Waals surface area contributed by atoms with Gasteiger partial charge in [-0.2, -0.15) is 0 Å². The Morgan fingerprint density at radius 1 is 1.12 bits per heavy atom. The van der Waals surface area contributed by atoms with Gasteiger partial charge in [0, 0.05) is 24.2 Å². The summed E-state index contributed by atoms with van der Waals surface area (Å²) in [6.07, 6.45) is 4.98. The minimum Gasteiger partial charge on any atom is -0.381 e. The Balaban J connectivity index is 2.43. The first-order valence-electron chi connectivity index (χ1n) is 4.85. The molecule has 0 radical (unpaired) electrons. The molecule has 16 heavy (non-hydrogen) atoms. The van der Waals surface area contributed by atoms with Gasteiger partial charge in [0.2, 0.25) is 0 Å². The van der Waals surface area contributed by atoms with Gasteiger partial charge in [0.05, 0.1) is 0 Å². The van der Waals surface area contributed by atoms with Crippen LogP contribution in [0.3, 0.4) is 0 Å². The molecule has 1 unspecified atom stereocenters. The number of nitrogens with zero attached hydrogens (tertiary/aromatic N) is 2. The van der Waals surface area contributed by atoms with Crippen molar-refractivity contribution in [1.82, 2.24) is 9.97 Å². The van der Waals surface area contributed by atoms with Crippen LogP contribution < -0.4 is 0 Å². The van der Waals surface area contributed by atoms with Crippen molar-refractivity contribution in [3.05, 3.63) is 58.6 Å². The number of aromatic nitrogens is 2. The van der Waals surface area contributed by atoms with Crippen LogP contribution in [0.2, 0.25) is 0 Å². The van der Waals surface area contributed by atoms with Crippen molar-refractivity contribution in [1.29, 1.82) is 0 Å². The maximum atomic E-state index is 10.5. The van der Waals surface area contributed by atoms with Gasteiger partial charge >= 0.3 is 0 Å². The molecule has 0 aliphatic carbocycles. The lowest BCUT2D eigenvalue weighted by Crippen LogP contribution is -2.22. The first-order chi connectivity index (χ1) is 7.60. The van der Waals surface area contributed by atoms with Crippen molar-refractivity contribution in [3.8, 4) is 0 Å². The molecule has 2 rings (SSSR count). The summed E-state index contributed by atoms with van der Waals surface area (Å²) in [5, 5.41) is 10.5. The van der Waals surface area contributed by atoms with Gasteiger partial charge in [-0.15, -0.1) is 0 Å². The fourth-order valence-electron chi connectivity index (χ4n) is 1.51. The Kier molecular flexibility index (Phi) is 3.03. The summed E-state index contributed by atoms with van der Waals surface area (Å²) in [5.74, 6) is 0. The summed E-state index contributed by atoms with van der Waals surface area (Å²) >= 11 is 3.27. The van der Waals surface area contributed by atoms with E-state index in [1.165, 1.54) is 0 Å². The molecule has 2 heterocycles.